The number of imidazole rings is 1. The van der Waals surface area contributed by atoms with Crippen LogP contribution in [0.15, 0.2) is 40.9 Å². The molecule has 0 amide bonds. The lowest BCUT2D eigenvalue weighted by Gasteiger charge is -2.09. The van der Waals surface area contributed by atoms with Gasteiger partial charge >= 0.3 is 5.97 Å². The van der Waals surface area contributed by atoms with Crippen LogP contribution in [0.4, 0.5) is 4.39 Å². The molecular weight excluding hydrogens is 339 g/mol. The number of aromatic carboxylic acids is 1. The highest BCUT2D eigenvalue weighted by Crippen LogP contribution is 2.27. The Hall–Kier alpha value is -2.21. The third-order valence-corrected chi connectivity index (χ3v) is 3.84. The number of halogens is 2. The maximum atomic E-state index is 13.4. The van der Waals surface area contributed by atoms with E-state index in [1.807, 2.05) is 0 Å². The summed E-state index contributed by atoms with van der Waals surface area (Å²) in [5.41, 5.74) is 1.90. The van der Waals surface area contributed by atoms with Gasteiger partial charge < -0.3 is 5.11 Å². The maximum Gasteiger partial charge on any atom is 0.337 e. The van der Waals surface area contributed by atoms with Crippen molar-refractivity contribution in [3.63, 3.8) is 0 Å². The normalized spacial score (nSPS) is 11.0. The van der Waals surface area contributed by atoms with Crippen molar-refractivity contribution >= 4 is 32.9 Å². The molecule has 4 nitrogen and oxygen atoms in total. The molecule has 106 valence electrons. The highest BCUT2D eigenvalue weighted by Gasteiger charge is 2.17. The van der Waals surface area contributed by atoms with E-state index < -0.39 is 5.97 Å². The molecule has 6 heteroatoms. The highest BCUT2D eigenvalue weighted by atomic mass is 79.9. The molecule has 1 aromatic heterocycles. The number of nitrogens with zero attached hydrogens (tertiary/aromatic N) is 2. The summed E-state index contributed by atoms with van der Waals surface area (Å²) in [4.78, 5) is 15.8. The summed E-state index contributed by atoms with van der Waals surface area (Å²) in [5.74, 6) is -0.764. The number of hydrogen-bond acceptors (Lipinski definition) is 2. The minimum atomic E-state index is -1.03. The lowest BCUT2D eigenvalue weighted by Crippen LogP contribution is -2.03. The molecule has 0 saturated heterocycles. The monoisotopic (exact) mass is 348 g/mol. The third-order valence-electron chi connectivity index (χ3n) is 3.24. The minimum Gasteiger partial charge on any atom is -0.478 e. The van der Waals surface area contributed by atoms with Crippen molar-refractivity contribution in [2.45, 2.75) is 6.92 Å². The summed E-state index contributed by atoms with van der Waals surface area (Å²) in [5, 5.41) is 9.35. The van der Waals surface area contributed by atoms with Crippen LogP contribution in [0.1, 0.15) is 16.2 Å². The van der Waals surface area contributed by atoms with Crippen molar-refractivity contribution in [2.75, 3.05) is 0 Å². The first-order chi connectivity index (χ1) is 9.99. The van der Waals surface area contributed by atoms with Gasteiger partial charge in [0.15, 0.2) is 0 Å². The van der Waals surface area contributed by atoms with E-state index in [9.17, 15) is 14.3 Å². The van der Waals surface area contributed by atoms with E-state index in [1.54, 1.807) is 35.8 Å². The van der Waals surface area contributed by atoms with Crippen LogP contribution in [-0.4, -0.2) is 20.6 Å². The summed E-state index contributed by atoms with van der Waals surface area (Å²) in [6.45, 7) is 1.78. The molecular formula is C15H10BrFN2O2. The molecule has 3 aromatic rings. The average molecular weight is 349 g/mol. The van der Waals surface area contributed by atoms with Gasteiger partial charge in [0.1, 0.15) is 11.6 Å². The van der Waals surface area contributed by atoms with Gasteiger partial charge in [-0.05, 0) is 53.2 Å². The van der Waals surface area contributed by atoms with Crippen molar-refractivity contribution in [1.29, 1.82) is 0 Å². The molecule has 0 fully saturated rings. The van der Waals surface area contributed by atoms with Gasteiger partial charge in [0.2, 0.25) is 0 Å². The van der Waals surface area contributed by atoms with Crippen molar-refractivity contribution in [3.05, 3.63) is 58.1 Å². The van der Waals surface area contributed by atoms with Gasteiger partial charge in [-0.25, -0.2) is 14.2 Å². The van der Waals surface area contributed by atoms with E-state index in [0.717, 1.165) is 0 Å². The molecule has 0 saturated carbocycles. The summed E-state index contributed by atoms with van der Waals surface area (Å²) in [6.07, 6.45) is 0. The summed E-state index contributed by atoms with van der Waals surface area (Å²) < 4.78 is 15.4. The van der Waals surface area contributed by atoms with Crippen LogP contribution in [0.3, 0.4) is 0 Å². The molecule has 0 atom stereocenters. The number of aromatic nitrogens is 2. The fraction of sp³-hybridized carbons (Fsp3) is 0.0667. The average Bonchev–Trinajstić information content (AvgIpc) is 2.77. The number of benzene rings is 2. The number of rotatable bonds is 2. The molecule has 1 N–H and O–H groups in total. The van der Waals surface area contributed by atoms with E-state index in [-0.39, 0.29) is 11.4 Å². The van der Waals surface area contributed by atoms with Gasteiger partial charge in [-0.15, -0.1) is 0 Å². The lowest BCUT2D eigenvalue weighted by molar-refractivity contribution is 0.0698. The standard InChI is InChI=1S/C15H10BrFN2O2/c1-8-18-13-4-2-3-10(15(20)21)14(13)19(8)9-5-6-12(17)11(16)7-9/h2-7H,1H3,(H,20,21). The quantitative estimate of drug-likeness (QED) is 0.763. The second-order valence-electron chi connectivity index (χ2n) is 4.57. The van der Waals surface area contributed by atoms with Crippen molar-refractivity contribution < 1.29 is 14.3 Å². The van der Waals surface area contributed by atoms with Gasteiger partial charge in [-0.1, -0.05) is 6.07 Å². The molecule has 0 aliphatic rings. The van der Waals surface area contributed by atoms with Gasteiger partial charge in [-0.3, -0.25) is 4.57 Å². The molecule has 1 heterocycles. The topological polar surface area (TPSA) is 55.1 Å². The zero-order valence-corrected chi connectivity index (χ0v) is 12.6. The highest BCUT2D eigenvalue weighted by molar-refractivity contribution is 9.10. The first kappa shape index (κ1) is 13.8. The Bertz CT molecular complexity index is 873. The fourth-order valence-electron chi connectivity index (χ4n) is 2.36. The molecule has 2 aromatic carbocycles. The summed E-state index contributed by atoms with van der Waals surface area (Å²) in [6, 6.07) is 9.46. The number of fused-ring (bicyclic) bond motifs is 1. The number of hydrogen-bond donors (Lipinski definition) is 1. The largest absolute Gasteiger partial charge is 0.478 e. The molecule has 21 heavy (non-hydrogen) atoms. The SMILES string of the molecule is Cc1nc2cccc(C(=O)O)c2n1-c1ccc(F)c(Br)c1. The number of carboxylic acid groups (broad SMARTS) is 1. The second kappa shape index (κ2) is 4.96. The third kappa shape index (κ3) is 2.21. The number of carbonyl (C=O) groups is 1. The lowest BCUT2D eigenvalue weighted by atomic mass is 10.1. The first-order valence-corrected chi connectivity index (χ1v) is 6.95. The van der Waals surface area contributed by atoms with E-state index in [2.05, 4.69) is 20.9 Å². The molecule has 0 bridgehead atoms. The first-order valence-electron chi connectivity index (χ1n) is 6.16. The van der Waals surface area contributed by atoms with E-state index >= 15 is 0 Å². The molecule has 3 rings (SSSR count). The van der Waals surface area contributed by atoms with Gasteiger partial charge in [0.25, 0.3) is 0 Å². The van der Waals surface area contributed by atoms with Crippen LogP contribution in [0.25, 0.3) is 16.7 Å². The molecule has 0 spiro atoms. The van der Waals surface area contributed by atoms with Crippen LogP contribution in [0.2, 0.25) is 0 Å². The van der Waals surface area contributed by atoms with Crippen LogP contribution in [-0.2, 0) is 0 Å². The van der Waals surface area contributed by atoms with Crippen LogP contribution in [0.5, 0.6) is 0 Å². The smallest absolute Gasteiger partial charge is 0.337 e. The Morgan fingerprint density at radius 2 is 2.10 bits per heavy atom. The zero-order valence-electron chi connectivity index (χ0n) is 11.0. The Morgan fingerprint density at radius 3 is 2.76 bits per heavy atom. The van der Waals surface area contributed by atoms with E-state index in [4.69, 9.17) is 0 Å². The molecule has 0 aliphatic heterocycles. The van der Waals surface area contributed by atoms with E-state index in [1.165, 1.54) is 12.1 Å². The van der Waals surface area contributed by atoms with Crippen LogP contribution < -0.4 is 0 Å². The second-order valence-corrected chi connectivity index (χ2v) is 5.43. The van der Waals surface area contributed by atoms with Crippen molar-refractivity contribution in [1.82, 2.24) is 9.55 Å². The maximum absolute atomic E-state index is 13.4. The molecule has 0 radical (unpaired) electrons. The van der Waals surface area contributed by atoms with Crippen LogP contribution >= 0.6 is 15.9 Å². The van der Waals surface area contributed by atoms with Gasteiger partial charge in [0, 0.05) is 5.69 Å². The van der Waals surface area contributed by atoms with Crippen LogP contribution in [0, 0.1) is 12.7 Å². The van der Waals surface area contributed by atoms with E-state index in [0.29, 0.717) is 27.0 Å². The Morgan fingerprint density at radius 1 is 1.33 bits per heavy atom. The molecule has 0 unspecified atom stereocenters. The van der Waals surface area contributed by atoms with Gasteiger partial charge in [-0.2, -0.15) is 0 Å². The number of aryl methyl sites for hydroxylation is 1. The predicted molar refractivity (Wildman–Crippen MR) is 80.4 cm³/mol. The van der Waals surface area contributed by atoms with Crippen molar-refractivity contribution in [3.8, 4) is 5.69 Å². The summed E-state index contributed by atoms with van der Waals surface area (Å²) >= 11 is 3.14. The Labute approximate surface area is 128 Å². The van der Waals surface area contributed by atoms with Gasteiger partial charge in [0.05, 0.1) is 21.1 Å². The number of para-hydroxylation sites is 1. The summed E-state index contributed by atoms with van der Waals surface area (Å²) in [7, 11) is 0. The predicted octanol–water partition coefficient (Wildman–Crippen LogP) is 3.93. The Balaban J connectivity index is 2.38. The minimum absolute atomic E-state index is 0.161. The fourth-order valence-corrected chi connectivity index (χ4v) is 2.72. The van der Waals surface area contributed by atoms with Crippen molar-refractivity contribution in [2.24, 2.45) is 0 Å². The molecule has 0 aliphatic carbocycles. The zero-order chi connectivity index (χ0) is 15.1. The number of carboxylic acids is 1. The Kier molecular flexibility index (Phi) is 3.25.